The van der Waals surface area contributed by atoms with Crippen molar-refractivity contribution in [2.24, 2.45) is 0 Å². The Morgan fingerprint density at radius 3 is 1.93 bits per heavy atom. The molecule has 0 aliphatic carbocycles. The normalized spacial score (nSPS) is 13.4. The summed E-state index contributed by atoms with van der Waals surface area (Å²) in [7, 11) is -4.64. The number of ether oxygens (including phenoxy) is 5. The topological polar surface area (TPSA) is 271 Å². The van der Waals surface area contributed by atoms with E-state index in [1.807, 2.05) is 0 Å². The van der Waals surface area contributed by atoms with Crippen molar-refractivity contribution in [2.75, 3.05) is 12.3 Å². The summed E-state index contributed by atoms with van der Waals surface area (Å²) in [5.74, 6) is -3.71. The van der Waals surface area contributed by atoms with Gasteiger partial charge in [-0.1, -0.05) is 0 Å². The summed E-state index contributed by atoms with van der Waals surface area (Å²) < 4.78 is 43.4. The van der Waals surface area contributed by atoms with Gasteiger partial charge in [0.2, 0.25) is 0 Å². The lowest BCUT2D eigenvalue weighted by Crippen LogP contribution is -2.30. The fraction of sp³-hybridized carbons (Fsp3) is 0.500. The number of fused-ring (bicyclic) bond motifs is 1. The van der Waals surface area contributed by atoms with Crippen molar-refractivity contribution >= 4 is 48.8 Å². The summed E-state index contributed by atoms with van der Waals surface area (Å²) >= 11 is 0. The summed E-state index contributed by atoms with van der Waals surface area (Å²) in [6, 6.07) is 0. The van der Waals surface area contributed by atoms with E-state index < -0.39 is 56.4 Å². The summed E-state index contributed by atoms with van der Waals surface area (Å²) in [6.07, 6.45) is 0.141. The zero-order valence-corrected chi connectivity index (χ0v) is 24.1. The number of carboxylic acids is 2. The van der Waals surface area contributed by atoms with E-state index in [1.165, 1.54) is 19.6 Å². The number of aliphatic carboxylic acids is 2. The summed E-state index contributed by atoms with van der Waals surface area (Å²) in [6.45, 7) is 5.35. The van der Waals surface area contributed by atoms with Gasteiger partial charge in [0.25, 0.3) is 0 Å². The zero-order valence-electron chi connectivity index (χ0n) is 23.2. The first-order valence-corrected chi connectivity index (χ1v) is 13.6. The van der Waals surface area contributed by atoms with Crippen molar-refractivity contribution < 1.29 is 67.1 Å². The van der Waals surface area contributed by atoms with Crippen LogP contribution in [0.15, 0.2) is 24.8 Å². The summed E-state index contributed by atoms with van der Waals surface area (Å²) in [4.78, 5) is 65.0. The molecule has 2 unspecified atom stereocenters. The molecule has 0 saturated heterocycles. The highest BCUT2D eigenvalue weighted by atomic mass is 31.2. The van der Waals surface area contributed by atoms with Crippen molar-refractivity contribution in [3.8, 4) is 0 Å². The lowest BCUT2D eigenvalue weighted by atomic mass is 10.5. The second kappa shape index (κ2) is 16.8. The van der Waals surface area contributed by atoms with Crippen LogP contribution >= 0.6 is 7.60 Å². The molecule has 0 fully saturated rings. The largest absolute Gasteiger partial charge is 0.513 e. The molecule has 0 bridgehead atoms. The lowest BCUT2D eigenvalue weighted by Gasteiger charge is -2.24. The second-order valence-electron chi connectivity index (χ2n) is 8.38. The number of carbonyl (C=O) groups is 4. The van der Waals surface area contributed by atoms with E-state index in [2.05, 4.69) is 24.4 Å². The molecule has 0 aliphatic heterocycles. The van der Waals surface area contributed by atoms with Gasteiger partial charge in [-0.2, -0.15) is 0 Å². The number of hydrogen-bond acceptors (Lipinski definition) is 15. The van der Waals surface area contributed by atoms with Crippen LogP contribution in [-0.2, 0) is 48.9 Å². The SMILES string of the molecule is CC(C)OC(=O)OC(OC(=O)OC(C)C)OP(=O)(O)C(C)OCCn1cnc2c(N)ncnc21.O=C(O)C=CC(=O)O. The highest BCUT2D eigenvalue weighted by Crippen LogP contribution is 2.49. The van der Waals surface area contributed by atoms with Crippen molar-refractivity contribution in [1.82, 2.24) is 19.5 Å². The van der Waals surface area contributed by atoms with E-state index in [4.69, 9.17) is 34.7 Å². The maximum atomic E-state index is 12.7. The maximum Gasteiger partial charge on any atom is 0.513 e. The molecule has 20 heteroatoms. The zero-order chi connectivity index (χ0) is 32.0. The van der Waals surface area contributed by atoms with E-state index in [1.54, 1.807) is 32.3 Å². The average molecular weight is 621 g/mol. The Hall–Kier alpha value is -4.32. The molecule has 0 aromatic carbocycles. The van der Waals surface area contributed by atoms with E-state index in [-0.39, 0.29) is 19.0 Å². The Morgan fingerprint density at radius 2 is 1.45 bits per heavy atom. The van der Waals surface area contributed by atoms with E-state index >= 15 is 0 Å². The van der Waals surface area contributed by atoms with Gasteiger partial charge >= 0.3 is 38.3 Å². The van der Waals surface area contributed by atoms with Crippen LogP contribution in [0.3, 0.4) is 0 Å². The van der Waals surface area contributed by atoms with Gasteiger partial charge < -0.3 is 49.1 Å². The van der Waals surface area contributed by atoms with Crippen LogP contribution in [0.1, 0.15) is 34.6 Å². The fourth-order valence-electron chi connectivity index (χ4n) is 2.49. The number of hydrogen-bond donors (Lipinski definition) is 4. The van der Waals surface area contributed by atoms with Crippen molar-refractivity contribution in [1.29, 1.82) is 0 Å². The second-order valence-corrected chi connectivity index (χ2v) is 10.4. The van der Waals surface area contributed by atoms with Crippen molar-refractivity contribution in [3.63, 3.8) is 0 Å². The van der Waals surface area contributed by atoms with Gasteiger partial charge in [-0.15, -0.1) is 0 Å². The molecule has 2 aromatic rings. The minimum Gasteiger partial charge on any atom is -0.478 e. The summed E-state index contributed by atoms with van der Waals surface area (Å²) in [5, 5.41) is 15.6. The average Bonchev–Trinajstić information content (AvgIpc) is 3.26. The van der Waals surface area contributed by atoms with Crippen molar-refractivity contribution in [3.05, 3.63) is 24.8 Å². The molecular formula is C22H32N5O14P. The Bertz CT molecular complexity index is 1260. The molecular weight excluding hydrogens is 589 g/mol. The standard InChI is InChI=1S/C18H28N5O10P.C4H4O4/c1-10(2)29-16(24)31-18(32-17(25)30-11(3)4)33-34(26,27)12(5)28-7-6-23-9-22-13-14(19)20-8-21-15(13)23;5-3(6)1-2-4(7)8/h8-12,18H,6-7H2,1-5H3,(H,26,27)(H2,19,20,21);1-2H,(H,5,6)(H,7,8). The first kappa shape index (κ1) is 35.7. The molecule has 234 valence electrons. The molecule has 5 N–H and O–H groups in total. The van der Waals surface area contributed by atoms with Gasteiger partial charge in [-0.05, 0) is 34.6 Å². The van der Waals surface area contributed by atoms with Crippen LogP contribution in [0.25, 0.3) is 11.2 Å². The van der Waals surface area contributed by atoms with Gasteiger partial charge in [0.05, 0.1) is 25.1 Å². The van der Waals surface area contributed by atoms with Gasteiger partial charge in [0.15, 0.2) is 17.3 Å². The van der Waals surface area contributed by atoms with E-state index in [0.717, 1.165) is 0 Å². The monoisotopic (exact) mass is 621 g/mol. The molecule has 0 radical (unpaired) electrons. The number of rotatable bonds is 13. The summed E-state index contributed by atoms with van der Waals surface area (Å²) in [5.41, 5.74) is 6.60. The molecule has 0 saturated carbocycles. The third kappa shape index (κ3) is 13.4. The van der Waals surface area contributed by atoms with Crippen LogP contribution in [-0.4, -0.2) is 90.0 Å². The van der Waals surface area contributed by atoms with Gasteiger partial charge in [0, 0.05) is 18.7 Å². The third-order valence-electron chi connectivity index (χ3n) is 4.23. The highest BCUT2D eigenvalue weighted by molar-refractivity contribution is 7.53. The maximum absolute atomic E-state index is 12.7. The molecule has 0 spiro atoms. The first-order chi connectivity index (χ1) is 19.5. The number of nitrogen functional groups attached to an aromatic ring is 1. The highest BCUT2D eigenvalue weighted by Gasteiger charge is 2.37. The quantitative estimate of drug-likeness (QED) is 0.108. The van der Waals surface area contributed by atoms with E-state index in [0.29, 0.717) is 23.3 Å². The minimum atomic E-state index is -4.64. The Balaban J connectivity index is 0.000000962. The first-order valence-electron chi connectivity index (χ1n) is 11.9. The molecule has 19 nitrogen and oxygen atoms in total. The van der Waals surface area contributed by atoms with Crippen molar-refractivity contribution in [2.45, 2.75) is 65.7 Å². The van der Waals surface area contributed by atoms with Crippen LogP contribution in [0, 0.1) is 0 Å². The van der Waals surface area contributed by atoms with Crippen LogP contribution < -0.4 is 5.73 Å². The smallest absolute Gasteiger partial charge is 0.478 e. The molecule has 0 aliphatic rings. The number of imidazole rings is 1. The van der Waals surface area contributed by atoms with Crippen LogP contribution in [0.5, 0.6) is 0 Å². The Labute approximate surface area is 238 Å². The minimum absolute atomic E-state index is 0.0540. The lowest BCUT2D eigenvalue weighted by molar-refractivity contribution is -0.210. The fourth-order valence-corrected chi connectivity index (χ4v) is 3.29. The van der Waals surface area contributed by atoms with Crippen LogP contribution in [0.2, 0.25) is 0 Å². The molecule has 0 amide bonds. The number of nitrogens with zero attached hydrogens (tertiary/aromatic N) is 4. The molecule has 42 heavy (non-hydrogen) atoms. The number of aromatic nitrogens is 4. The molecule has 2 heterocycles. The van der Waals surface area contributed by atoms with Gasteiger partial charge in [-0.3, -0.25) is 4.57 Å². The van der Waals surface area contributed by atoms with Gasteiger partial charge in [-0.25, -0.2) is 38.7 Å². The Morgan fingerprint density at radius 1 is 0.929 bits per heavy atom. The predicted octanol–water partition coefficient (Wildman–Crippen LogP) is 2.09. The number of nitrogens with two attached hydrogens (primary N) is 1. The molecule has 2 atom stereocenters. The third-order valence-corrected chi connectivity index (χ3v) is 5.78. The molecule has 2 aromatic heterocycles. The number of carboxylic acid groups (broad SMARTS) is 2. The number of carbonyl (C=O) groups excluding carboxylic acids is 2. The van der Waals surface area contributed by atoms with Crippen LogP contribution in [0.4, 0.5) is 15.4 Å². The molecule has 2 rings (SSSR count). The Kier molecular flexibility index (Phi) is 14.3. The predicted molar refractivity (Wildman–Crippen MR) is 140 cm³/mol. The van der Waals surface area contributed by atoms with Gasteiger partial charge in [0.1, 0.15) is 11.8 Å². The van der Waals surface area contributed by atoms with E-state index in [9.17, 15) is 28.6 Å². The number of anilines is 1.